The molecule has 2 rings (SSSR count). The standard InChI is InChI=1S/C13H12BrFN2O4/c1-21-13(20)8-3-7(14)4-9(11(8)15)17-5-6(12(16)19)2-10(17)18/h3-4,6H,2,5H2,1H3,(H2,16,19). The summed E-state index contributed by atoms with van der Waals surface area (Å²) in [4.78, 5) is 35.7. The molecule has 2 amide bonds. The van der Waals surface area contributed by atoms with Crippen molar-refractivity contribution in [2.24, 2.45) is 11.7 Å². The lowest BCUT2D eigenvalue weighted by Gasteiger charge is -2.18. The van der Waals surface area contributed by atoms with Crippen LogP contribution in [-0.2, 0) is 14.3 Å². The van der Waals surface area contributed by atoms with Crippen LogP contribution in [0.1, 0.15) is 16.8 Å². The van der Waals surface area contributed by atoms with E-state index in [0.29, 0.717) is 4.47 Å². The van der Waals surface area contributed by atoms with Gasteiger partial charge in [0.1, 0.15) is 0 Å². The van der Waals surface area contributed by atoms with Gasteiger partial charge in [0.2, 0.25) is 11.8 Å². The first-order valence-electron chi connectivity index (χ1n) is 6.02. The Labute approximate surface area is 128 Å². The number of ether oxygens (including phenoxy) is 1. The number of nitrogens with two attached hydrogens (primary N) is 1. The Morgan fingerprint density at radius 2 is 2.14 bits per heavy atom. The molecule has 1 heterocycles. The zero-order valence-corrected chi connectivity index (χ0v) is 12.6. The molecule has 8 heteroatoms. The van der Waals surface area contributed by atoms with Crippen molar-refractivity contribution >= 4 is 39.4 Å². The Hall–Kier alpha value is -1.96. The third-order valence-corrected chi connectivity index (χ3v) is 3.70. The fraction of sp³-hybridized carbons (Fsp3) is 0.308. The minimum absolute atomic E-state index is 0.0118. The highest BCUT2D eigenvalue weighted by Gasteiger charge is 2.36. The Morgan fingerprint density at radius 1 is 1.48 bits per heavy atom. The summed E-state index contributed by atoms with van der Waals surface area (Å²) >= 11 is 3.15. The highest BCUT2D eigenvalue weighted by atomic mass is 79.9. The average Bonchev–Trinajstić information content (AvgIpc) is 2.82. The number of esters is 1. The zero-order chi connectivity index (χ0) is 15.7. The van der Waals surface area contributed by atoms with Crippen molar-refractivity contribution in [1.82, 2.24) is 0 Å². The molecule has 112 valence electrons. The molecule has 0 bridgehead atoms. The summed E-state index contributed by atoms with van der Waals surface area (Å²) in [6, 6.07) is 2.62. The maximum atomic E-state index is 14.4. The van der Waals surface area contributed by atoms with Crippen molar-refractivity contribution in [3.8, 4) is 0 Å². The third-order valence-electron chi connectivity index (χ3n) is 3.24. The van der Waals surface area contributed by atoms with Gasteiger partial charge < -0.3 is 15.4 Å². The van der Waals surface area contributed by atoms with Crippen LogP contribution in [0.25, 0.3) is 0 Å². The molecule has 0 saturated carbocycles. The highest BCUT2D eigenvalue weighted by molar-refractivity contribution is 9.10. The fourth-order valence-corrected chi connectivity index (χ4v) is 2.61. The van der Waals surface area contributed by atoms with E-state index >= 15 is 0 Å². The van der Waals surface area contributed by atoms with E-state index in [-0.39, 0.29) is 24.2 Å². The van der Waals surface area contributed by atoms with Gasteiger partial charge in [0, 0.05) is 17.4 Å². The molecule has 0 radical (unpaired) electrons. The van der Waals surface area contributed by atoms with Crippen molar-refractivity contribution in [3.63, 3.8) is 0 Å². The summed E-state index contributed by atoms with van der Waals surface area (Å²) in [5.74, 6) is -3.44. The summed E-state index contributed by atoms with van der Waals surface area (Å²) < 4.78 is 19.3. The van der Waals surface area contributed by atoms with Crippen molar-refractivity contribution in [2.75, 3.05) is 18.6 Å². The molecule has 1 aliphatic heterocycles. The Morgan fingerprint density at radius 3 is 2.67 bits per heavy atom. The van der Waals surface area contributed by atoms with E-state index in [4.69, 9.17) is 5.73 Å². The monoisotopic (exact) mass is 358 g/mol. The molecule has 1 aliphatic rings. The molecule has 1 saturated heterocycles. The molecule has 1 atom stereocenters. The highest BCUT2D eigenvalue weighted by Crippen LogP contribution is 2.32. The van der Waals surface area contributed by atoms with Crippen LogP contribution < -0.4 is 10.6 Å². The third kappa shape index (κ3) is 2.90. The van der Waals surface area contributed by atoms with Crippen LogP contribution in [0.15, 0.2) is 16.6 Å². The number of nitrogens with zero attached hydrogens (tertiary/aromatic N) is 1. The number of hydrogen-bond acceptors (Lipinski definition) is 4. The van der Waals surface area contributed by atoms with Gasteiger partial charge in [-0.2, -0.15) is 0 Å². The van der Waals surface area contributed by atoms with E-state index in [1.807, 2.05) is 0 Å². The van der Waals surface area contributed by atoms with E-state index in [2.05, 4.69) is 20.7 Å². The maximum absolute atomic E-state index is 14.4. The van der Waals surface area contributed by atoms with Crippen molar-refractivity contribution in [1.29, 1.82) is 0 Å². The summed E-state index contributed by atoms with van der Waals surface area (Å²) in [5, 5.41) is 0. The average molecular weight is 359 g/mol. The van der Waals surface area contributed by atoms with Gasteiger partial charge in [-0.25, -0.2) is 9.18 Å². The maximum Gasteiger partial charge on any atom is 0.340 e. The van der Waals surface area contributed by atoms with Gasteiger partial charge in [-0.3, -0.25) is 9.59 Å². The number of benzene rings is 1. The first kappa shape index (κ1) is 15.4. The van der Waals surface area contributed by atoms with E-state index in [1.165, 1.54) is 12.1 Å². The summed E-state index contributed by atoms with van der Waals surface area (Å²) in [6.45, 7) is -0.0118. The summed E-state index contributed by atoms with van der Waals surface area (Å²) in [6.07, 6.45) is -0.0746. The van der Waals surface area contributed by atoms with Gasteiger partial charge in [0.25, 0.3) is 0 Å². The zero-order valence-electron chi connectivity index (χ0n) is 11.1. The first-order chi connectivity index (χ1) is 9.85. The number of primary amides is 1. The van der Waals surface area contributed by atoms with Crippen molar-refractivity contribution in [3.05, 3.63) is 28.0 Å². The number of rotatable bonds is 3. The van der Waals surface area contributed by atoms with Crippen LogP contribution in [0.5, 0.6) is 0 Å². The van der Waals surface area contributed by atoms with Crippen LogP contribution in [0, 0.1) is 11.7 Å². The molecular formula is C13H12BrFN2O4. The van der Waals surface area contributed by atoms with Gasteiger partial charge in [-0.15, -0.1) is 0 Å². The van der Waals surface area contributed by atoms with Gasteiger partial charge in [-0.1, -0.05) is 15.9 Å². The molecule has 6 nitrogen and oxygen atoms in total. The second kappa shape index (κ2) is 5.80. The topological polar surface area (TPSA) is 89.7 Å². The second-order valence-electron chi connectivity index (χ2n) is 4.59. The van der Waals surface area contributed by atoms with Gasteiger partial charge >= 0.3 is 5.97 Å². The number of carbonyl (C=O) groups is 3. The number of amides is 2. The largest absolute Gasteiger partial charge is 0.465 e. The number of hydrogen-bond donors (Lipinski definition) is 1. The normalized spacial score (nSPS) is 18.0. The smallest absolute Gasteiger partial charge is 0.340 e. The fourth-order valence-electron chi connectivity index (χ4n) is 2.16. The van der Waals surface area contributed by atoms with Crippen molar-refractivity contribution < 1.29 is 23.5 Å². The molecule has 2 N–H and O–H groups in total. The predicted octanol–water partition coefficient (Wildman–Crippen LogP) is 1.21. The molecule has 0 spiro atoms. The molecule has 1 aromatic rings. The lowest BCUT2D eigenvalue weighted by molar-refractivity contribution is -0.123. The van der Waals surface area contributed by atoms with Crippen LogP contribution >= 0.6 is 15.9 Å². The van der Waals surface area contributed by atoms with Gasteiger partial charge in [0.15, 0.2) is 5.82 Å². The minimum atomic E-state index is -0.872. The summed E-state index contributed by atoms with van der Waals surface area (Å²) in [5.41, 5.74) is 4.79. The van der Waals surface area contributed by atoms with Crippen LogP contribution in [-0.4, -0.2) is 31.4 Å². The number of halogens is 2. The van der Waals surface area contributed by atoms with Gasteiger partial charge in [0.05, 0.1) is 24.3 Å². The van der Waals surface area contributed by atoms with E-state index < -0.39 is 29.5 Å². The Balaban J connectivity index is 2.45. The van der Waals surface area contributed by atoms with Gasteiger partial charge in [-0.05, 0) is 12.1 Å². The molecule has 21 heavy (non-hydrogen) atoms. The predicted molar refractivity (Wildman–Crippen MR) is 75.1 cm³/mol. The minimum Gasteiger partial charge on any atom is -0.465 e. The molecular weight excluding hydrogens is 347 g/mol. The van der Waals surface area contributed by atoms with Crippen molar-refractivity contribution in [2.45, 2.75) is 6.42 Å². The van der Waals surface area contributed by atoms with E-state index in [1.54, 1.807) is 0 Å². The molecule has 0 aliphatic carbocycles. The molecule has 1 fully saturated rings. The first-order valence-corrected chi connectivity index (χ1v) is 6.81. The SMILES string of the molecule is COC(=O)c1cc(Br)cc(N2CC(C(N)=O)CC2=O)c1F. The van der Waals surface area contributed by atoms with E-state index in [9.17, 15) is 18.8 Å². The van der Waals surface area contributed by atoms with Crippen LogP contribution in [0.3, 0.4) is 0 Å². The van der Waals surface area contributed by atoms with Crippen LogP contribution in [0.4, 0.5) is 10.1 Å². The quantitative estimate of drug-likeness (QED) is 0.822. The Bertz CT molecular complexity index is 635. The number of carbonyl (C=O) groups excluding carboxylic acids is 3. The second-order valence-corrected chi connectivity index (χ2v) is 5.50. The lowest BCUT2D eigenvalue weighted by atomic mass is 10.1. The lowest BCUT2D eigenvalue weighted by Crippen LogP contribution is -2.29. The van der Waals surface area contributed by atoms with Crippen LogP contribution in [0.2, 0.25) is 0 Å². The number of methoxy groups -OCH3 is 1. The summed E-state index contributed by atoms with van der Waals surface area (Å²) in [7, 11) is 1.13. The Kier molecular flexibility index (Phi) is 4.26. The number of anilines is 1. The molecule has 0 aromatic heterocycles. The van der Waals surface area contributed by atoms with E-state index in [0.717, 1.165) is 12.0 Å². The molecule has 1 unspecified atom stereocenters. The molecule has 1 aromatic carbocycles.